The molecule has 2 fully saturated rings. The summed E-state index contributed by atoms with van der Waals surface area (Å²) in [6.45, 7) is 9.65. The number of morpholine rings is 2. The highest BCUT2D eigenvalue weighted by atomic mass is 127. The summed E-state index contributed by atoms with van der Waals surface area (Å²) in [6.07, 6.45) is 2.62. The lowest BCUT2D eigenvalue weighted by atomic mass is 9.91. The molecule has 0 bridgehead atoms. The Labute approximate surface area is 380 Å². The number of anilines is 2. The van der Waals surface area contributed by atoms with Gasteiger partial charge in [0.25, 0.3) is 0 Å². The molecule has 2 unspecified atom stereocenters. The smallest absolute Gasteiger partial charge is 0.166 e. The predicted molar refractivity (Wildman–Crippen MR) is 257 cm³/mol. The Morgan fingerprint density at radius 1 is 0.710 bits per heavy atom. The number of rotatable bonds is 17. The van der Waals surface area contributed by atoms with Gasteiger partial charge < -0.3 is 38.6 Å². The van der Waals surface area contributed by atoms with Crippen LogP contribution in [0.4, 0.5) is 11.4 Å². The topological polar surface area (TPSA) is 72.9 Å². The number of para-hydroxylation sites is 2. The average molecular weight is 945 g/mol. The standard InChI is InChI=1S/C53H57IN2O6/c1-3-29-59-48-26-24-46(54)51(52(48)57)45-34-39(22-23-41(45)35-44-36-55(27-31-58-44)42-17-9-5-10-18-42)14-13-30-60-49-33-38(2)21-25-47(49)62-53(40-15-7-4-8-16-40)50-37-56(28-32-61-50)43-19-11-6-12-20-43/h4-12,15-26,33-34,44,50,53,57H,3,13-14,27-32,35-37H2,1-2H3/t44?,50?,53-/m0/s1. The van der Waals surface area contributed by atoms with Gasteiger partial charge in [0.15, 0.2) is 29.1 Å². The van der Waals surface area contributed by atoms with Crippen LogP contribution in [0, 0.1) is 10.5 Å². The summed E-state index contributed by atoms with van der Waals surface area (Å²) >= 11 is 2.33. The lowest BCUT2D eigenvalue weighted by Gasteiger charge is -2.38. The van der Waals surface area contributed by atoms with E-state index in [1.165, 1.54) is 16.9 Å². The summed E-state index contributed by atoms with van der Waals surface area (Å²) in [4.78, 5) is 4.78. The Kier molecular flexibility index (Phi) is 14.9. The summed E-state index contributed by atoms with van der Waals surface area (Å²) in [6, 6.07) is 48.1. The van der Waals surface area contributed by atoms with Crippen molar-refractivity contribution in [1.82, 2.24) is 0 Å². The Balaban J connectivity index is 0.994. The third-order valence-corrected chi connectivity index (χ3v) is 12.5. The fraction of sp³-hybridized carbons (Fsp3) is 0.321. The van der Waals surface area contributed by atoms with E-state index in [9.17, 15) is 5.11 Å². The van der Waals surface area contributed by atoms with Crippen LogP contribution in [0.15, 0.2) is 140 Å². The second-order valence-corrected chi connectivity index (χ2v) is 17.3. The van der Waals surface area contributed by atoms with Gasteiger partial charge in [-0.15, -0.1) is 0 Å². The number of aryl methyl sites for hydroxylation is 2. The highest BCUT2D eigenvalue weighted by Crippen LogP contribution is 2.43. The van der Waals surface area contributed by atoms with Gasteiger partial charge in [-0.25, -0.2) is 0 Å². The molecule has 0 saturated carbocycles. The number of nitrogens with zero attached hydrogens (tertiary/aromatic N) is 2. The van der Waals surface area contributed by atoms with E-state index >= 15 is 0 Å². The number of benzene rings is 6. The molecule has 322 valence electrons. The Morgan fingerprint density at radius 2 is 1.37 bits per heavy atom. The minimum Gasteiger partial charge on any atom is -0.504 e. The van der Waals surface area contributed by atoms with Crippen molar-refractivity contribution in [1.29, 1.82) is 0 Å². The highest BCUT2D eigenvalue weighted by molar-refractivity contribution is 14.1. The lowest BCUT2D eigenvalue weighted by molar-refractivity contribution is -0.0357. The van der Waals surface area contributed by atoms with Crippen LogP contribution >= 0.6 is 22.6 Å². The quantitative estimate of drug-likeness (QED) is 0.0716. The maximum Gasteiger partial charge on any atom is 0.166 e. The van der Waals surface area contributed by atoms with Gasteiger partial charge in [-0.3, -0.25) is 0 Å². The van der Waals surface area contributed by atoms with Gasteiger partial charge in [0.2, 0.25) is 0 Å². The molecule has 0 amide bonds. The zero-order valence-corrected chi connectivity index (χ0v) is 37.9. The SMILES string of the molecule is CCCOc1ccc(I)c(-c2cc(CCCOc3cc(C)ccc3O[C@@H](c3ccccc3)C3CN(c4ccccc4)CCO3)ccc2CC2CN(c3ccccc3)CCO2)c1O. The molecule has 3 atom stereocenters. The first-order chi connectivity index (χ1) is 30.4. The molecule has 0 radical (unpaired) electrons. The molecule has 8 nitrogen and oxygen atoms in total. The first kappa shape index (κ1) is 43.4. The minimum atomic E-state index is -0.338. The van der Waals surface area contributed by atoms with Gasteiger partial charge in [-0.2, -0.15) is 0 Å². The summed E-state index contributed by atoms with van der Waals surface area (Å²) in [5, 5.41) is 11.7. The van der Waals surface area contributed by atoms with Gasteiger partial charge in [0.05, 0.1) is 32.5 Å². The molecule has 9 heteroatoms. The van der Waals surface area contributed by atoms with E-state index < -0.39 is 0 Å². The number of aromatic hydroxyl groups is 1. The van der Waals surface area contributed by atoms with Gasteiger partial charge in [-0.1, -0.05) is 97.9 Å². The highest BCUT2D eigenvalue weighted by Gasteiger charge is 2.32. The molecule has 2 saturated heterocycles. The number of phenolic OH excluding ortho intramolecular Hbond substituents is 1. The molecule has 6 aromatic rings. The van der Waals surface area contributed by atoms with Gasteiger partial charge in [-0.05, 0) is 125 Å². The fourth-order valence-electron chi connectivity index (χ4n) is 8.44. The minimum absolute atomic E-state index is 0.000918. The normalized spacial score (nSPS) is 17.1. The largest absolute Gasteiger partial charge is 0.504 e. The molecule has 2 aliphatic heterocycles. The van der Waals surface area contributed by atoms with Crippen LogP contribution in [-0.4, -0.2) is 69.9 Å². The van der Waals surface area contributed by atoms with Crippen LogP contribution in [0.2, 0.25) is 0 Å². The Bertz CT molecular complexity index is 2350. The van der Waals surface area contributed by atoms with Crippen LogP contribution in [0.25, 0.3) is 11.1 Å². The number of halogens is 1. The number of phenols is 1. The van der Waals surface area contributed by atoms with Crippen LogP contribution in [-0.2, 0) is 22.3 Å². The van der Waals surface area contributed by atoms with Gasteiger partial charge >= 0.3 is 0 Å². The van der Waals surface area contributed by atoms with E-state index in [0.717, 1.165) is 76.0 Å². The predicted octanol–water partition coefficient (Wildman–Crippen LogP) is 11.2. The maximum atomic E-state index is 11.7. The van der Waals surface area contributed by atoms with E-state index in [2.05, 4.69) is 155 Å². The molecule has 8 rings (SSSR count). The number of hydrogen-bond acceptors (Lipinski definition) is 8. The van der Waals surface area contributed by atoms with Gasteiger partial charge in [0, 0.05) is 53.1 Å². The summed E-state index contributed by atoms with van der Waals surface area (Å²) in [7, 11) is 0. The maximum absolute atomic E-state index is 11.7. The van der Waals surface area contributed by atoms with E-state index in [1.807, 2.05) is 30.3 Å². The second-order valence-electron chi connectivity index (χ2n) is 16.1. The molecular formula is C53H57IN2O6. The lowest BCUT2D eigenvalue weighted by Crippen LogP contribution is -2.46. The Morgan fingerprint density at radius 3 is 2.10 bits per heavy atom. The molecular weight excluding hydrogens is 887 g/mol. The molecule has 62 heavy (non-hydrogen) atoms. The van der Waals surface area contributed by atoms with E-state index in [0.29, 0.717) is 50.9 Å². The first-order valence-corrected chi connectivity index (χ1v) is 23.1. The van der Waals surface area contributed by atoms with Crippen LogP contribution in [0.5, 0.6) is 23.0 Å². The van der Waals surface area contributed by atoms with E-state index in [1.54, 1.807) is 0 Å². The van der Waals surface area contributed by atoms with Crippen molar-refractivity contribution in [2.24, 2.45) is 0 Å². The molecule has 6 aromatic carbocycles. The zero-order valence-electron chi connectivity index (χ0n) is 35.8. The Hall–Kier alpha value is -5.23. The molecule has 2 heterocycles. The second kappa shape index (κ2) is 21.2. The molecule has 1 N–H and O–H groups in total. The van der Waals surface area contributed by atoms with Crippen molar-refractivity contribution >= 4 is 34.0 Å². The zero-order chi connectivity index (χ0) is 42.7. The van der Waals surface area contributed by atoms with Crippen LogP contribution in [0.1, 0.15) is 48.1 Å². The fourth-order valence-corrected chi connectivity index (χ4v) is 9.16. The first-order valence-electron chi connectivity index (χ1n) is 22.0. The molecule has 0 spiro atoms. The summed E-state index contributed by atoms with van der Waals surface area (Å²) in [5.74, 6) is 2.10. The third-order valence-electron chi connectivity index (χ3n) is 11.6. The molecule has 2 aliphatic rings. The average Bonchev–Trinajstić information content (AvgIpc) is 3.31. The van der Waals surface area contributed by atoms with Crippen LogP contribution < -0.4 is 24.0 Å². The third kappa shape index (κ3) is 10.9. The molecule has 0 aliphatic carbocycles. The number of ether oxygens (including phenoxy) is 5. The van der Waals surface area contributed by atoms with Crippen molar-refractivity contribution in [2.45, 2.75) is 57.8 Å². The molecule has 0 aromatic heterocycles. The number of hydrogen-bond donors (Lipinski definition) is 1. The van der Waals surface area contributed by atoms with E-state index in [-0.39, 0.29) is 24.1 Å². The van der Waals surface area contributed by atoms with Crippen molar-refractivity contribution in [3.05, 3.63) is 165 Å². The van der Waals surface area contributed by atoms with Crippen molar-refractivity contribution in [3.8, 4) is 34.1 Å². The summed E-state index contributed by atoms with van der Waals surface area (Å²) in [5.41, 5.74) is 8.65. The monoisotopic (exact) mass is 944 g/mol. The van der Waals surface area contributed by atoms with E-state index in [4.69, 9.17) is 23.7 Å². The summed E-state index contributed by atoms with van der Waals surface area (Å²) < 4.78 is 33.3. The van der Waals surface area contributed by atoms with Crippen molar-refractivity contribution in [2.75, 3.05) is 62.4 Å². The van der Waals surface area contributed by atoms with Crippen molar-refractivity contribution < 1.29 is 28.8 Å². The van der Waals surface area contributed by atoms with Crippen LogP contribution in [0.3, 0.4) is 0 Å². The van der Waals surface area contributed by atoms with Crippen molar-refractivity contribution in [3.63, 3.8) is 0 Å². The van der Waals surface area contributed by atoms with Gasteiger partial charge in [0.1, 0.15) is 6.10 Å².